The summed E-state index contributed by atoms with van der Waals surface area (Å²) in [6, 6.07) is -2.16. The lowest BCUT2D eigenvalue weighted by atomic mass is 9.86. The van der Waals surface area contributed by atoms with Crippen molar-refractivity contribution in [2.75, 3.05) is 19.8 Å². The molecule has 0 aromatic heterocycles. The van der Waals surface area contributed by atoms with Gasteiger partial charge in [0.1, 0.15) is 79.4 Å². The second kappa shape index (κ2) is 14.8. The van der Waals surface area contributed by atoms with Gasteiger partial charge in [-0.2, -0.15) is 0 Å². The molecule has 1 aliphatic carbocycles. The molecule has 19 nitrogen and oxygen atoms in total. The molecular weight excluding hydrogens is 602 g/mol. The minimum atomic E-state index is -1.95. The zero-order chi connectivity index (χ0) is 32.6. The monoisotopic (exact) mass is 645 g/mol. The summed E-state index contributed by atoms with van der Waals surface area (Å²) in [5.74, 6) is 0. The van der Waals surface area contributed by atoms with Gasteiger partial charge in [-0.15, -0.1) is 0 Å². The molecule has 0 saturated carbocycles. The number of aliphatic hydroxyl groups excluding tert-OH is 13. The molecule has 0 aromatic carbocycles. The second-order valence-corrected chi connectivity index (χ2v) is 11.4. The van der Waals surface area contributed by atoms with Crippen LogP contribution >= 0.6 is 0 Å². The Morgan fingerprint density at radius 1 is 0.636 bits per heavy atom. The van der Waals surface area contributed by atoms with E-state index in [2.05, 4.69) is 5.32 Å². The summed E-state index contributed by atoms with van der Waals surface area (Å²) in [4.78, 5) is 0. The van der Waals surface area contributed by atoms with Crippen molar-refractivity contribution in [2.24, 2.45) is 0 Å². The van der Waals surface area contributed by atoms with Crippen molar-refractivity contribution in [3.63, 3.8) is 0 Å². The minimum absolute atomic E-state index is 0.0229. The van der Waals surface area contributed by atoms with Crippen LogP contribution in [0.1, 0.15) is 6.92 Å². The van der Waals surface area contributed by atoms with Crippen LogP contribution in [-0.4, -0.2) is 203 Å². The van der Waals surface area contributed by atoms with Crippen LogP contribution in [-0.2, 0) is 23.7 Å². The van der Waals surface area contributed by atoms with Gasteiger partial charge in [-0.05, 0) is 12.5 Å². The molecule has 14 N–H and O–H groups in total. The predicted molar refractivity (Wildman–Crippen MR) is 138 cm³/mol. The van der Waals surface area contributed by atoms with Crippen LogP contribution in [0.25, 0.3) is 0 Å². The van der Waals surface area contributed by atoms with Crippen molar-refractivity contribution in [2.45, 2.75) is 123 Å². The Bertz CT molecular complexity index is 958. The molecule has 4 aliphatic rings. The number of nitrogens with one attached hydrogen (secondary N) is 1. The zero-order valence-corrected chi connectivity index (χ0v) is 23.5. The third-order valence-electron chi connectivity index (χ3n) is 8.47. The average molecular weight is 646 g/mol. The molecule has 3 saturated heterocycles. The molecule has 0 bridgehead atoms. The second-order valence-electron chi connectivity index (χ2n) is 11.4. The van der Waals surface area contributed by atoms with Crippen LogP contribution in [0.5, 0.6) is 0 Å². The Morgan fingerprint density at radius 2 is 1.23 bits per heavy atom. The lowest BCUT2D eigenvalue weighted by Gasteiger charge is -2.47. The van der Waals surface area contributed by atoms with Crippen molar-refractivity contribution in [3.05, 3.63) is 11.6 Å². The van der Waals surface area contributed by atoms with Crippen LogP contribution in [0.2, 0.25) is 0 Å². The summed E-state index contributed by atoms with van der Waals surface area (Å²) >= 11 is 0. The molecular formula is C25H43NO18. The van der Waals surface area contributed by atoms with Crippen LogP contribution in [0.4, 0.5) is 0 Å². The van der Waals surface area contributed by atoms with E-state index in [0.29, 0.717) is 0 Å². The number of aliphatic hydroxyl groups is 13. The topological polar surface area (TPSA) is 321 Å². The van der Waals surface area contributed by atoms with Crippen molar-refractivity contribution in [3.8, 4) is 0 Å². The SMILES string of the molecule is C[C@@H]1O[C@H](O)[C@@H](O)[C@H](O)[C@H]1N[C@H]1C=C(CO)[C@H](O[C@H]2O[C@@H](CO)[C@H](O[C@H]3O[C@@H](CO)[C@H](O)[C@@H](O)[C@@H]3O)[C@@H](O)[C@@H]2O)[C@@H](O)[C@@H]1O. The smallest absolute Gasteiger partial charge is 0.187 e. The lowest BCUT2D eigenvalue weighted by molar-refractivity contribution is -0.364. The first kappa shape index (κ1) is 35.8. The van der Waals surface area contributed by atoms with E-state index in [1.54, 1.807) is 0 Å². The van der Waals surface area contributed by atoms with Crippen molar-refractivity contribution < 1.29 is 90.1 Å². The van der Waals surface area contributed by atoms with Gasteiger partial charge in [-0.25, -0.2) is 0 Å². The molecule has 0 aromatic rings. The molecule has 3 fully saturated rings. The van der Waals surface area contributed by atoms with E-state index < -0.39 is 136 Å². The summed E-state index contributed by atoms with van der Waals surface area (Å²) in [6.07, 6.45) is -26.6. The highest BCUT2D eigenvalue weighted by Gasteiger charge is 2.52. The van der Waals surface area contributed by atoms with Crippen LogP contribution in [0.15, 0.2) is 11.6 Å². The van der Waals surface area contributed by atoms with E-state index in [-0.39, 0.29) is 5.57 Å². The highest BCUT2D eigenvalue weighted by molar-refractivity contribution is 5.23. The maximum Gasteiger partial charge on any atom is 0.187 e. The van der Waals surface area contributed by atoms with Crippen molar-refractivity contribution in [1.29, 1.82) is 0 Å². The maximum atomic E-state index is 10.9. The van der Waals surface area contributed by atoms with Gasteiger partial charge in [-0.1, -0.05) is 6.08 Å². The zero-order valence-electron chi connectivity index (χ0n) is 23.5. The lowest BCUT2D eigenvalue weighted by Crippen LogP contribution is -2.67. The number of hydrogen-bond donors (Lipinski definition) is 14. The Hall–Kier alpha value is -1.02. The fourth-order valence-corrected chi connectivity index (χ4v) is 5.80. The third kappa shape index (κ3) is 6.96. The minimum Gasteiger partial charge on any atom is -0.394 e. The molecule has 0 spiro atoms. The largest absolute Gasteiger partial charge is 0.394 e. The van der Waals surface area contributed by atoms with E-state index in [4.69, 9.17) is 23.7 Å². The summed E-state index contributed by atoms with van der Waals surface area (Å²) < 4.78 is 27.2. The summed E-state index contributed by atoms with van der Waals surface area (Å²) in [7, 11) is 0. The van der Waals surface area contributed by atoms with Gasteiger partial charge in [0.05, 0.1) is 38.0 Å². The molecule has 3 heterocycles. The maximum absolute atomic E-state index is 10.9. The van der Waals surface area contributed by atoms with Gasteiger partial charge in [-0.3, -0.25) is 0 Å². The number of ether oxygens (including phenoxy) is 5. The van der Waals surface area contributed by atoms with Crippen LogP contribution in [0.3, 0.4) is 0 Å². The highest BCUT2D eigenvalue weighted by Crippen LogP contribution is 2.33. The van der Waals surface area contributed by atoms with Gasteiger partial charge >= 0.3 is 0 Å². The first-order chi connectivity index (χ1) is 20.7. The molecule has 0 radical (unpaired) electrons. The van der Waals surface area contributed by atoms with Gasteiger partial charge < -0.3 is 95.4 Å². The molecule has 0 amide bonds. The molecule has 44 heavy (non-hydrogen) atoms. The molecule has 4 rings (SSSR count). The van der Waals surface area contributed by atoms with Crippen molar-refractivity contribution >= 4 is 0 Å². The van der Waals surface area contributed by atoms with E-state index in [1.165, 1.54) is 13.0 Å². The first-order valence-electron chi connectivity index (χ1n) is 14.1. The van der Waals surface area contributed by atoms with Gasteiger partial charge in [0.25, 0.3) is 0 Å². The first-order valence-corrected chi connectivity index (χ1v) is 14.1. The van der Waals surface area contributed by atoms with Crippen LogP contribution in [0, 0.1) is 0 Å². The fraction of sp³-hybridized carbons (Fsp3) is 0.920. The highest BCUT2D eigenvalue weighted by atomic mass is 16.7. The van der Waals surface area contributed by atoms with E-state index in [1.807, 2.05) is 0 Å². The Morgan fingerprint density at radius 3 is 1.84 bits per heavy atom. The van der Waals surface area contributed by atoms with Crippen LogP contribution < -0.4 is 5.32 Å². The summed E-state index contributed by atoms with van der Waals surface area (Å²) in [6.45, 7) is -0.850. The van der Waals surface area contributed by atoms with Gasteiger partial charge in [0.15, 0.2) is 18.9 Å². The molecule has 19 atom stereocenters. The standard InChI is InChI=1S/C25H43NO18/c1-6-11(14(32)18(36)23(39)40-6)26-8-2-7(3-27)21(16(34)12(8)30)43-25-20(38)17(35)22(10(5-29)42-25)44-24-19(37)15(33)13(31)9(4-28)41-24/h2,6,8-39H,3-5H2,1H3/t6-,8-,9-,10-,11-,12+,13-,14+,15+,16-,17-,18-,19-,20-,21-,22-,23-,24+,25+/m0/s1. The quantitative estimate of drug-likeness (QED) is 0.103. The summed E-state index contributed by atoms with van der Waals surface area (Å²) in [5.41, 5.74) is -0.0229. The normalized spacial score (nSPS) is 52.0. The average Bonchev–Trinajstić information content (AvgIpc) is 3.00. The molecule has 19 heteroatoms. The number of rotatable bonds is 9. The predicted octanol–water partition coefficient (Wildman–Crippen LogP) is -8.56. The molecule has 3 aliphatic heterocycles. The van der Waals surface area contributed by atoms with E-state index in [9.17, 15) is 66.4 Å². The van der Waals surface area contributed by atoms with E-state index in [0.717, 1.165) is 0 Å². The Balaban J connectivity index is 1.46. The van der Waals surface area contributed by atoms with E-state index >= 15 is 0 Å². The van der Waals surface area contributed by atoms with Crippen molar-refractivity contribution in [1.82, 2.24) is 5.32 Å². The Kier molecular flexibility index (Phi) is 12.1. The Labute approximate surface area is 250 Å². The third-order valence-corrected chi connectivity index (χ3v) is 8.47. The van der Waals surface area contributed by atoms with Gasteiger partial charge in [0, 0.05) is 0 Å². The number of hydrogen-bond acceptors (Lipinski definition) is 19. The summed E-state index contributed by atoms with van der Waals surface area (Å²) in [5, 5.41) is 136. The molecule has 0 unspecified atom stereocenters. The molecule has 256 valence electrons. The fourth-order valence-electron chi connectivity index (χ4n) is 5.80. The van der Waals surface area contributed by atoms with Gasteiger partial charge in [0.2, 0.25) is 0 Å².